The van der Waals surface area contributed by atoms with E-state index in [-0.39, 0.29) is 18.3 Å². The van der Waals surface area contributed by atoms with Crippen molar-refractivity contribution in [3.63, 3.8) is 0 Å². The van der Waals surface area contributed by atoms with Crippen molar-refractivity contribution in [3.8, 4) is 0 Å². The van der Waals surface area contributed by atoms with Gasteiger partial charge in [0.2, 0.25) is 15.9 Å². The third-order valence-electron chi connectivity index (χ3n) is 5.37. The molecule has 2 aromatic rings. The number of hydrogen-bond acceptors (Lipinski definition) is 3. The molecule has 2 aliphatic heterocycles. The topological polar surface area (TPSA) is 57.7 Å². The number of benzene rings is 2. The number of carbonyl (C=O) groups is 1. The number of nitrogens with zero attached hydrogens (tertiary/aromatic N) is 2. The van der Waals surface area contributed by atoms with Gasteiger partial charge in [-0.15, -0.1) is 0 Å². The summed E-state index contributed by atoms with van der Waals surface area (Å²) < 4.78 is 41.2. The fourth-order valence-corrected chi connectivity index (χ4v) is 6.09. The normalized spacial score (nSPS) is 24.2. The fourth-order valence-electron chi connectivity index (χ4n) is 4.04. The number of fused-ring (bicyclic) bond motifs is 2. The Bertz CT molecular complexity index is 975. The van der Waals surface area contributed by atoms with E-state index in [0.717, 1.165) is 5.56 Å². The van der Waals surface area contributed by atoms with E-state index in [0.29, 0.717) is 30.0 Å². The van der Waals surface area contributed by atoms with Gasteiger partial charge in [0, 0.05) is 26.6 Å². The van der Waals surface area contributed by atoms with Crippen molar-refractivity contribution in [1.82, 2.24) is 9.21 Å². The Morgan fingerprint density at radius 3 is 2.50 bits per heavy atom. The van der Waals surface area contributed by atoms with E-state index in [9.17, 15) is 17.6 Å². The standard InChI is InChI=1S/C19H19FN2O3S/c1-14(23)21-11-10-19(13-21)17-4-2-3-5-18(17)26(24,25)22(19)12-15-6-8-16(20)9-7-15/h2-9H,10-13H2,1H3. The highest BCUT2D eigenvalue weighted by atomic mass is 32.2. The van der Waals surface area contributed by atoms with Crippen LogP contribution in [-0.4, -0.2) is 36.6 Å². The summed E-state index contributed by atoms with van der Waals surface area (Å²) in [5, 5.41) is 0. The van der Waals surface area contributed by atoms with Crippen LogP contribution in [0.25, 0.3) is 0 Å². The van der Waals surface area contributed by atoms with Gasteiger partial charge in [0.1, 0.15) is 5.82 Å². The average Bonchev–Trinajstić information content (AvgIpc) is 3.13. The zero-order chi connectivity index (χ0) is 18.5. The van der Waals surface area contributed by atoms with Crippen LogP contribution < -0.4 is 0 Å². The molecule has 4 rings (SSSR count). The molecule has 1 unspecified atom stereocenters. The Kier molecular flexibility index (Phi) is 3.89. The molecule has 2 aromatic carbocycles. The third-order valence-corrected chi connectivity index (χ3v) is 7.34. The minimum Gasteiger partial charge on any atom is -0.341 e. The number of likely N-dealkylation sites (tertiary alicyclic amines) is 1. The van der Waals surface area contributed by atoms with Crippen LogP contribution in [0.1, 0.15) is 24.5 Å². The van der Waals surface area contributed by atoms with Crippen LogP contribution in [0.3, 0.4) is 0 Å². The van der Waals surface area contributed by atoms with Crippen LogP contribution in [0.5, 0.6) is 0 Å². The highest BCUT2D eigenvalue weighted by Gasteiger charge is 2.56. The maximum atomic E-state index is 13.2. The number of amides is 1. The summed E-state index contributed by atoms with van der Waals surface area (Å²) in [4.78, 5) is 13.9. The van der Waals surface area contributed by atoms with Crippen LogP contribution in [0, 0.1) is 5.82 Å². The first-order valence-corrected chi connectivity index (χ1v) is 9.91. The summed E-state index contributed by atoms with van der Waals surface area (Å²) in [5.74, 6) is -0.426. The second-order valence-electron chi connectivity index (χ2n) is 6.86. The molecule has 136 valence electrons. The summed E-state index contributed by atoms with van der Waals surface area (Å²) in [6.45, 7) is 2.49. The molecule has 1 saturated heterocycles. The summed E-state index contributed by atoms with van der Waals surface area (Å²) >= 11 is 0. The molecule has 26 heavy (non-hydrogen) atoms. The average molecular weight is 374 g/mol. The lowest BCUT2D eigenvalue weighted by molar-refractivity contribution is -0.128. The third kappa shape index (κ3) is 2.46. The van der Waals surface area contributed by atoms with Crippen molar-refractivity contribution in [1.29, 1.82) is 0 Å². The molecule has 0 N–H and O–H groups in total. The lowest BCUT2D eigenvalue weighted by Gasteiger charge is -2.34. The molecule has 2 heterocycles. The highest BCUT2D eigenvalue weighted by Crippen LogP contribution is 2.50. The van der Waals surface area contributed by atoms with Crippen LogP contribution in [-0.2, 0) is 26.9 Å². The molecule has 1 amide bonds. The second-order valence-corrected chi connectivity index (χ2v) is 8.69. The van der Waals surface area contributed by atoms with Crippen molar-refractivity contribution in [2.45, 2.75) is 30.3 Å². The van der Waals surface area contributed by atoms with Crippen LogP contribution in [0.2, 0.25) is 0 Å². The Labute approximate surface area is 152 Å². The Hall–Kier alpha value is -2.25. The molecular formula is C19H19FN2O3S. The Morgan fingerprint density at radius 2 is 1.85 bits per heavy atom. The maximum absolute atomic E-state index is 13.2. The minimum atomic E-state index is -3.69. The van der Waals surface area contributed by atoms with Crippen molar-refractivity contribution >= 4 is 15.9 Å². The molecule has 0 radical (unpaired) electrons. The predicted molar refractivity (Wildman–Crippen MR) is 94.1 cm³/mol. The first-order valence-electron chi connectivity index (χ1n) is 8.47. The molecule has 2 aliphatic rings. The molecule has 0 aliphatic carbocycles. The zero-order valence-electron chi connectivity index (χ0n) is 14.4. The monoisotopic (exact) mass is 374 g/mol. The van der Waals surface area contributed by atoms with E-state index in [1.54, 1.807) is 29.2 Å². The quantitative estimate of drug-likeness (QED) is 0.812. The largest absolute Gasteiger partial charge is 0.341 e. The molecule has 1 spiro atoms. The summed E-state index contributed by atoms with van der Waals surface area (Å²) in [5.41, 5.74) is 0.685. The van der Waals surface area contributed by atoms with Gasteiger partial charge in [0.05, 0.1) is 10.4 Å². The molecule has 5 nitrogen and oxygen atoms in total. The predicted octanol–water partition coefficient (Wildman–Crippen LogP) is 2.48. The fraction of sp³-hybridized carbons (Fsp3) is 0.316. The van der Waals surface area contributed by atoms with E-state index >= 15 is 0 Å². The molecule has 1 atom stereocenters. The van der Waals surface area contributed by atoms with Crippen molar-refractivity contribution < 1.29 is 17.6 Å². The minimum absolute atomic E-state index is 0.0645. The van der Waals surface area contributed by atoms with E-state index in [4.69, 9.17) is 0 Å². The van der Waals surface area contributed by atoms with Gasteiger partial charge in [0.15, 0.2) is 0 Å². The smallest absolute Gasteiger partial charge is 0.244 e. The van der Waals surface area contributed by atoms with Crippen LogP contribution in [0.4, 0.5) is 4.39 Å². The van der Waals surface area contributed by atoms with Crippen molar-refractivity contribution in [3.05, 3.63) is 65.5 Å². The molecule has 0 aromatic heterocycles. The zero-order valence-corrected chi connectivity index (χ0v) is 15.2. The summed E-state index contributed by atoms with van der Waals surface area (Å²) in [6.07, 6.45) is 0.546. The van der Waals surface area contributed by atoms with Gasteiger partial charge in [-0.25, -0.2) is 12.8 Å². The van der Waals surface area contributed by atoms with E-state index in [1.807, 2.05) is 12.1 Å². The Balaban J connectivity index is 1.82. The lowest BCUT2D eigenvalue weighted by Crippen LogP contribution is -2.45. The highest BCUT2D eigenvalue weighted by molar-refractivity contribution is 7.89. The summed E-state index contributed by atoms with van der Waals surface area (Å²) in [6, 6.07) is 12.8. The van der Waals surface area contributed by atoms with Gasteiger partial charge < -0.3 is 4.90 Å². The second kappa shape index (κ2) is 5.89. The SMILES string of the molecule is CC(=O)N1CCC2(C1)c1ccccc1S(=O)(=O)N2Cc1ccc(F)cc1. The van der Waals surface area contributed by atoms with Gasteiger partial charge in [-0.3, -0.25) is 4.79 Å². The number of sulfonamides is 1. The molecule has 7 heteroatoms. The maximum Gasteiger partial charge on any atom is 0.244 e. The number of rotatable bonds is 2. The van der Waals surface area contributed by atoms with E-state index in [1.165, 1.54) is 23.4 Å². The molecule has 1 fully saturated rings. The van der Waals surface area contributed by atoms with Crippen LogP contribution >= 0.6 is 0 Å². The molecule has 0 bridgehead atoms. The number of hydrogen-bond donors (Lipinski definition) is 0. The lowest BCUT2D eigenvalue weighted by atomic mass is 9.88. The molecule has 0 saturated carbocycles. The first-order chi connectivity index (χ1) is 12.3. The van der Waals surface area contributed by atoms with Crippen molar-refractivity contribution in [2.75, 3.05) is 13.1 Å². The van der Waals surface area contributed by atoms with E-state index in [2.05, 4.69) is 0 Å². The van der Waals surface area contributed by atoms with Gasteiger partial charge in [-0.2, -0.15) is 4.31 Å². The van der Waals surface area contributed by atoms with Gasteiger partial charge >= 0.3 is 0 Å². The van der Waals surface area contributed by atoms with Gasteiger partial charge in [0.25, 0.3) is 0 Å². The first kappa shape index (κ1) is 17.2. The Morgan fingerprint density at radius 1 is 1.15 bits per heavy atom. The van der Waals surface area contributed by atoms with Gasteiger partial charge in [-0.05, 0) is 35.7 Å². The summed E-state index contributed by atoms with van der Waals surface area (Å²) in [7, 11) is -3.69. The van der Waals surface area contributed by atoms with Crippen molar-refractivity contribution in [2.24, 2.45) is 0 Å². The van der Waals surface area contributed by atoms with Crippen LogP contribution in [0.15, 0.2) is 53.4 Å². The van der Waals surface area contributed by atoms with E-state index < -0.39 is 15.6 Å². The molecular weight excluding hydrogens is 355 g/mol. The van der Waals surface area contributed by atoms with Gasteiger partial charge in [-0.1, -0.05) is 30.3 Å². The number of halogens is 1. The number of carbonyl (C=O) groups excluding carboxylic acids is 1.